The first kappa shape index (κ1) is 20.7. The van der Waals surface area contributed by atoms with Crippen molar-refractivity contribution in [2.45, 2.75) is 58.3 Å². The third kappa shape index (κ3) is 7.26. The van der Waals surface area contributed by atoms with E-state index in [9.17, 15) is 9.59 Å². The first-order valence-electron chi connectivity index (χ1n) is 9.74. The summed E-state index contributed by atoms with van der Waals surface area (Å²) >= 11 is 0. The summed E-state index contributed by atoms with van der Waals surface area (Å²) in [6.07, 6.45) is 10.0. The highest BCUT2D eigenvalue weighted by Gasteiger charge is 2.09. The molecule has 0 heterocycles. The standard InChI is InChI=1S/C23H28O4/c1-2-3-4-5-6-7-8-9-18-10-12-20(13-11-18)23(26)27-21-16-14-19(15-17-21)22(24)25/h10-17H,2-9H2,1H3,(H,24,25). The van der Waals surface area contributed by atoms with Gasteiger partial charge in [-0.1, -0.05) is 57.6 Å². The van der Waals surface area contributed by atoms with Crippen LogP contribution in [-0.2, 0) is 6.42 Å². The van der Waals surface area contributed by atoms with Crippen LogP contribution in [0.25, 0.3) is 0 Å². The number of esters is 1. The number of ether oxygens (including phenoxy) is 1. The maximum Gasteiger partial charge on any atom is 0.343 e. The second kappa shape index (κ2) is 11.2. The van der Waals surface area contributed by atoms with Crippen molar-refractivity contribution in [3.63, 3.8) is 0 Å². The number of aryl methyl sites for hydroxylation is 1. The number of aromatic carboxylic acids is 1. The number of carboxylic acid groups (broad SMARTS) is 1. The molecule has 0 aliphatic rings. The molecule has 0 aliphatic heterocycles. The molecule has 1 N–H and O–H groups in total. The number of unbranched alkanes of at least 4 members (excludes halogenated alkanes) is 6. The Bertz CT molecular complexity index is 717. The zero-order valence-electron chi connectivity index (χ0n) is 15.9. The molecular formula is C23H28O4. The fraction of sp³-hybridized carbons (Fsp3) is 0.391. The van der Waals surface area contributed by atoms with E-state index in [1.54, 1.807) is 12.1 Å². The molecule has 0 saturated heterocycles. The highest BCUT2D eigenvalue weighted by atomic mass is 16.5. The summed E-state index contributed by atoms with van der Waals surface area (Å²) in [6, 6.07) is 13.3. The average molecular weight is 368 g/mol. The lowest BCUT2D eigenvalue weighted by molar-refractivity contribution is 0.0696. The molecule has 27 heavy (non-hydrogen) atoms. The third-order valence-corrected chi connectivity index (χ3v) is 4.57. The van der Waals surface area contributed by atoms with E-state index in [2.05, 4.69) is 6.92 Å². The van der Waals surface area contributed by atoms with Gasteiger partial charge in [-0.15, -0.1) is 0 Å². The number of hydrogen-bond acceptors (Lipinski definition) is 3. The summed E-state index contributed by atoms with van der Waals surface area (Å²) in [6.45, 7) is 2.23. The Morgan fingerprint density at radius 2 is 1.33 bits per heavy atom. The zero-order valence-corrected chi connectivity index (χ0v) is 15.9. The number of carbonyl (C=O) groups is 2. The Labute approximate surface area is 161 Å². The van der Waals surface area contributed by atoms with Crippen LogP contribution in [0.15, 0.2) is 48.5 Å². The van der Waals surface area contributed by atoms with E-state index in [1.165, 1.54) is 74.8 Å². The lowest BCUT2D eigenvalue weighted by atomic mass is 10.0. The number of carbonyl (C=O) groups excluding carboxylic acids is 1. The van der Waals surface area contributed by atoms with Crippen molar-refractivity contribution in [1.82, 2.24) is 0 Å². The summed E-state index contributed by atoms with van der Waals surface area (Å²) in [5.41, 5.74) is 1.87. The Balaban J connectivity index is 1.76. The van der Waals surface area contributed by atoms with Gasteiger partial charge in [0, 0.05) is 0 Å². The Hall–Kier alpha value is -2.62. The zero-order chi connectivity index (χ0) is 19.5. The topological polar surface area (TPSA) is 63.6 Å². The Morgan fingerprint density at radius 3 is 1.93 bits per heavy atom. The summed E-state index contributed by atoms with van der Waals surface area (Å²) in [5.74, 6) is -1.12. The van der Waals surface area contributed by atoms with E-state index >= 15 is 0 Å². The van der Waals surface area contributed by atoms with Gasteiger partial charge in [0.05, 0.1) is 11.1 Å². The minimum Gasteiger partial charge on any atom is -0.478 e. The van der Waals surface area contributed by atoms with Crippen LogP contribution in [-0.4, -0.2) is 17.0 Å². The molecule has 0 amide bonds. The summed E-state index contributed by atoms with van der Waals surface area (Å²) in [4.78, 5) is 23.0. The molecule has 0 aliphatic carbocycles. The monoisotopic (exact) mass is 368 g/mol. The number of rotatable bonds is 11. The molecule has 4 nitrogen and oxygen atoms in total. The van der Waals surface area contributed by atoms with Crippen LogP contribution in [0.2, 0.25) is 0 Å². The van der Waals surface area contributed by atoms with Crippen molar-refractivity contribution in [2.24, 2.45) is 0 Å². The van der Waals surface area contributed by atoms with Gasteiger partial charge in [0.2, 0.25) is 0 Å². The first-order chi connectivity index (χ1) is 13.1. The number of benzene rings is 2. The van der Waals surface area contributed by atoms with Crippen LogP contribution in [0, 0.1) is 0 Å². The Morgan fingerprint density at radius 1 is 0.778 bits per heavy atom. The summed E-state index contributed by atoms with van der Waals surface area (Å²) in [5, 5.41) is 8.88. The quantitative estimate of drug-likeness (QED) is 0.305. The van der Waals surface area contributed by atoms with Crippen LogP contribution in [0.4, 0.5) is 0 Å². The first-order valence-corrected chi connectivity index (χ1v) is 9.74. The van der Waals surface area contributed by atoms with Crippen LogP contribution >= 0.6 is 0 Å². The minimum absolute atomic E-state index is 0.157. The molecule has 0 atom stereocenters. The molecule has 0 unspecified atom stereocenters. The van der Waals surface area contributed by atoms with Gasteiger partial charge >= 0.3 is 11.9 Å². The second-order valence-corrected chi connectivity index (χ2v) is 6.79. The van der Waals surface area contributed by atoms with Gasteiger partial charge in [-0.3, -0.25) is 0 Å². The van der Waals surface area contributed by atoms with E-state index in [0.717, 1.165) is 6.42 Å². The minimum atomic E-state index is -1.01. The van der Waals surface area contributed by atoms with E-state index < -0.39 is 11.9 Å². The van der Waals surface area contributed by atoms with Crippen molar-refractivity contribution in [1.29, 1.82) is 0 Å². The normalized spacial score (nSPS) is 10.6. The van der Waals surface area contributed by atoms with Crippen LogP contribution in [0.5, 0.6) is 5.75 Å². The van der Waals surface area contributed by atoms with Gasteiger partial charge in [-0.05, 0) is 54.8 Å². The van der Waals surface area contributed by atoms with Gasteiger partial charge < -0.3 is 9.84 Å². The average Bonchev–Trinajstić information content (AvgIpc) is 2.68. The van der Waals surface area contributed by atoms with Crippen molar-refractivity contribution < 1.29 is 19.4 Å². The van der Waals surface area contributed by atoms with Gasteiger partial charge in [0.1, 0.15) is 5.75 Å². The molecule has 4 heteroatoms. The third-order valence-electron chi connectivity index (χ3n) is 4.57. The molecule has 0 radical (unpaired) electrons. The second-order valence-electron chi connectivity index (χ2n) is 6.79. The molecule has 0 saturated carbocycles. The molecule has 2 aromatic rings. The summed E-state index contributed by atoms with van der Waals surface area (Å²) < 4.78 is 5.29. The molecule has 0 fully saturated rings. The highest BCUT2D eigenvalue weighted by Crippen LogP contribution is 2.16. The van der Waals surface area contributed by atoms with Crippen LogP contribution < -0.4 is 4.74 Å². The predicted molar refractivity (Wildman–Crippen MR) is 106 cm³/mol. The molecule has 0 bridgehead atoms. The fourth-order valence-corrected chi connectivity index (χ4v) is 2.93. The smallest absolute Gasteiger partial charge is 0.343 e. The molecule has 0 aromatic heterocycles. The van der Waals surface area contributed by atoms with Gasteiger partial charge in [-0.25, -0.2) is 9.59 Å². The maximum absolute atomic E-state index is 12.2. The molecule has 2 rings (SSSR count). The molecule has 2 aromatic carbocycles. The predicted octanol–water partition coefficient (Wildman–Crippen LogP) is 5.90. The van der Waals surface area contributed by atoms with E-state index in [1.807, 2.05) is 12.1 Å². The molecule has 0 spiro atoms. The molecular weight excluding hydrogens is 340 g/mol. The largest absolute Gasteiger partial charge is 0.478 e. The lowest BCUT2D eigenvalue weighted by Crippen LogP contribution is -2.08. The van der Waals surface area contributed by atoms with Gasteiger partial charge in [-0.2, -0.15) is 0 Å². The van der Waals surface area contributed by atoms with E-state index in [-0.39, 0.29) is 5.56 Å². The number of hydrogen-bond donors (Lipinski definition) is 1. The summed E-state index contributed by atoms with van der Waals surface area (Å²) in [7, 11) is 0. The maximum atomic E-state index is 12.2. The lowest BCUT2D eigenvalue weighted by Gasteiger charge is -2.06. The molecule has 144 valence electrons. The van der Waals surface area contributed by atoms with Crippen LogP contribution in [0.3, 0.4) is 0 Å². The van der Waals surface area contributed by atoms with Crippen molar-refractivity contribution in [3.05, 3.63) is 65.2 Å². The van der Waals surface area contributed by atoms with Crippen LogP contribution in [0.1, 0.15) is 78.1 Å². The fourth-order valence-electron chi connectivity index (χ4n) is 2.93. The van der Waals surface area contributed by atoms with E-state index in [4.69, 9.17) is 9.84 Å². The van der Waals surface area contributed by atoms with E-state index in [0.29, 0.717) is 11.3 Å². The van der Waals surface area contributed by atoms with Crippen molar-refractivity contribution >= 4 is 11.9 Å². The van der Waals surface area contributed by atoms with Gasteiger partial charge in [0.15, 0.2) is 0 Å². The number of carboxylic acids is 1. The van der Waals surface area contributed by atoms with Crippen molar-refractivity contribution in [3.8, 4) is 5.75 Å². The SMILES string of the molecule is CCCCCCCCCc1ccc(C(=O)Oc2ccc(C(=O)O)cc2)cc1. The highest BCUT2D eigenvalue weighted by molar-refractivity contribution is 5.91. The Kier molecular flexibility index (Phi) is 8.56. The van der Waals surface area contributed by atoms with Gasteiger partial charge in [0.25, 0.3) is 0 Å². The van der Waals surface area contributed by atoms with Crippen molar-refractivity contribution in [2.75, 3.05) is 0 Å².